The van der Waals surface area contributed by atoms with E-state index in [-0.39, 0.29) is 6.10 Å². The number of alkyl halides is 3. The van der Waals surface area contributed by atoms with Gasteiger partial charge in [-0.15, -0.1) is 0 Å². The molecule has 3 atom stereocenters. The number of ether oxygens (including phenoxy) is 1. The number of hydrogen-bond acceptors (Lipinski definition) is 5. The highest BCUT2D eigenvalue weighted by Gasteiger charge is 2.46. The van der Waals surface area contributed by atoms with Gasteiger partial charge in [-0.1, -0.05) is 0 Å². The molecule has 10 heteroatoms. The predicted octanol–water partition coefficient (Wildman–Crippen LogP) is 2.76. The summed E-state index contributed by atoms with van der Waals surface area (Å²) >= 11 is 0. The lowest BCUT2D eigenvalue weighted by Crippen LogP contribution is -2.53. The number of carboxylic acid groups (broad SMARTS) is 1. The lowest BCUT2D eigenvalue weighted by atomic mass is 9.88. The summed E-state index contributed by atoms with van der Waals surface area (Å²) in [6, 6.07) is 4.25. The summed E-state index contributed by atoms with van der Waals surface area (Å²) in [6.07, 6.45) is 1.09. The number of carbonyl (C=O) groups is 2. The van der Waals surface area contributed by atoms with Crippen LogP contribution in [0.3, 0.4) is 0 Å². The second kappa shape index (κ2) is 9.38. The van der Waals surface area contributed by atoms with Crippen molar-refractivity contribution in [2.24, 2.45) is 11.8 Å². The van der Waals surface area contributed by atoms with Crippen LogP contribution in [-0.4, -0.2) is 71.8 Å². The van der Waals surface area contributed by atoms with E-state index in [0.717, 1.165) is 44.8 Å². The quantitative estimate of drug-likeness (QED) is 0.771. The van der Waals surface area contributed by atoms with Gasteiger partial charge in [0.1, 0.15) is 5.76 Å². The Labute approximate surface area is 172 Å². The summed E-state index contributed by atoms with van der Waals surface area (Å²) in [6.45, 7) is 3.58. The summed E-state index contributed by atoms with van der Waals surface area (Å²) in [5.74, 6) is -0.327. The summed E-state index contributed by atoms with van der Waals surface area (Å²) in [5.41, 5.74) is 0. The van der Waals surface area contributed by atoms with Gasteiger partial charge in [-0.05, 0) is 37.3 Å². The zero-order valence-electron chi connectivity index (χ0n) is 16.8. The van der Waals surface area contributed by atoms with Crippen LogP contribution in [0.15, 0.2) is 22.8 Å². The first-order chi connectivity index (χ1) is 14.2. The van der Waals surface area contributed by atoms with Crippen molar-refractivity contribution in [2.45, 2.75) is 50.6 Å². The Kier molecular flexibility index (Phi) is 7.07. The molecule has 7 nitrogen and oxygen atoms in total. The van der Waals surface area contributed by atoms with E-state index >= 15 is 0 Å². The van der Waals surface area contributed by atoms with Crippen molar-refractivity contribution in [2.75, 3.05) is 26.7 Å². The van der Waals surface area contributed by atoms with Crippen LogP contribution in [0.4, 0.5) is 13.2 Å². The van der Waals surface area contributed by atoms with Gasteiger partial charge < -0.3 is 19.2 Å². The standard InChI is InChI=1S/C18H26N2O3.C2HF3O2/c1-22-17-6-7-20(18(21)9-13-4-5-13)16-12-19(11-15(16)17)10-14-3-2-8-23-14;3-2(4,5)1(6)7/h2-3,8,13,15-17H,4-7,9-12H2,1H3;(H,6,7)/t15-,16+,17-;/m0./s1. The Bertz CT molecular complexity index is 721. The molecule has 1 aromatic rings. The molecule has 1 aromatic heterocycles. The van der Waals surface area contributed by atoms with Gasteiger partial charge in [-0.2, -0.15) is 13.2 Å². The summed E-state index contributed by atoms with van der Waals surface area (Å²) < 4.78 is 42.9. The largest absolute Gasteiger partial charge is 0.490 e. The molecule has 1 amide bonds. The van der Waals surface area contributed by atoms with Crippen LogP contribution >= 0.6 is 0 Å². The lowest BCUT2D eigenvalue weighted by Gasteiger charge is -2.41. The van der Waals surface area contributed by atoms with E-state index in [9.17, 15) is 18.0 Å². The number of rotatable bonds is 5. The lowest BCUT2D eigenvalue weighted by molar-refractivity contribution is -0.192. The molecule has 168 valence electrons. The van der Waals surface area contributed by atoms with Gasteiger partial charge in [0.2, 0.25) is 5.91 Å². The van der Waals surface area contributed by atoms with Crippen molar-refractivity contribution in [3.05, 3.63) is 24.2 Å². The maximum Gasteiger partial charge on any atom is 0.490 e. The average Bonchev–Trinajstić information content (AvgIpc) is 3.16. The fraction of sp³-hybridized carbons (Fsp3) is 0.700. The van der Waals surface area contributed by atoms with Gasteiger partial charge in [0.15, 0.2) is 0 Å². The number of methoxy groups -OCH3 is 1. The first-order valence-corrected chi connectivity index (χ1v) is 10.1. The average molecular weight is 432 g/mol. The number of hydrogen-bond donors (Lipinski definition) is 1. The van der Waals surface area contributed by atoms with Crippen molar-refractivity contribution in [1.82, 2.24) is 9.80 Å². The highest BCUT2D eigenvalue weighted by Crippen LogP contribution is 2.37. The van der Waals surface area contributed by atoms with Gasteiger partial charge in [0.25, 0.3) is 0 Å². The van der Waals surface area contributed by atoms with Crippen LogP contribution in [0.5, 0.6) is 0 Å². The highest BCUT2D eigenvalue weighted by atomic mass is 19.4. The molecule has 30 heavy (non-hydrogen) atoms. The molecule has 1 aliphatic carbocycles. The Morgan fingerprint density at radius 1 is 1.27 bits per heavy atom. The molecule has 2 aliphatic heterocycles. The number of halogens is 3. The fourth-order valence-corrected chi connectivity index (χ4v) is 4.28. The van der Waals surface area contributed by atoms with E-state index in [2.05, 4.69) is 9.80 Å². The molecule has 3 aliphatic rings. The number of amides is 1. The van der Waals surface area contributed by atoms with Crippen molar-refractivity contribution in [3.8, 4) is 0 Å². The van der Waals surface area contributed by atoms with Crippen molar-refractivity contribution < 1.29 is 37.0 Å². The predicted molar refractivity (Wildman–Crippen MR) is 99.4 cm³/mol. The molecule has 1 saturated carbocycles. The summed E-state index contributed by atoms with van der Waals surface area (Å²) in [5, 5.41) is 7.12. The number of piperidine rings is 1. The zero-order chi connectivity index (χ0) is 21.9. The van der Waals surface area contributed by atoms with Crippen LogP contribution in [0.1, 0.15) is 31.4 Å². The first kappa shape index (κ1) is 22.6. The number of carbonyl (C=O) groups excluding carboxylic acids is 1. The molecule has 2 saturated heterocycles. The van der Waals surface area contributed by atoms with E-state index < -0.39 is 12.1 Å². The fourth-order valence-electron chi connectivity index (χ4n) is 4.28. The van der Waals surface area contributed by atoms with E-state index in [1.165, 1.54) is 12.8 Å². The highest BCUT2D eigenvalue weighted by molar-refractivity contribution is 5.77. The second-order valence-corrected chi connectivity index (χ2v) is 8.11. The number of fused-ring (bicyclic) bond motifs is 1. The molecule has 0 radical (unpaired) electrons. The smallest absolute Gasteiger partial charge is 0.475 e. The number of carboxylic acids is 1. The topological polar surface area (TPSA) is 83.2 Å². The second-order valence-electron chi connectivity index (χ2n) is 8.11. The maximum atomic E-state index is 12.7. The minimum Gasteiger partial charge on any atom is -0.475 e. The van der Waals surface area contributed by atoms with Gasteiger partial charge in [-0.3, -0.25) is 9.69 Å². The SMILES string of the molecule is CO[C@H]1CCN(C(=O)CC2CC2)[C@@H]2CN(Cc3ccco3)C[C@H]12.O=C(O)C(F)(F)F. The van der Waals surface area contributed by atoms with Crippen molar-refractivity contribution >= 4 is 11.9 Å². The molecule has 0 bridgehead atoms. The number of nitrogens with zero attached hydrogens (tertiary/aromatic N) is 2. The van der Waals surface area contributed by atoms with E-state index in [1.54, 1.807) is 13.4 Å². The monoisotopic (exact) mass is 432 g/mol. The molecule has 0 unspecified atom stereocenters. The Morgan fingerprint density at radius 3 is 2.50 bits per heavy atom. The normalized spacial score (nSPS) is 26.7. The van der Waals surface area contributed by atoms with Crippen LogP contribution in [-0.2, 0) is 20.9 Å². The van der Waals surface area contributed by atoms with Gasteiger partial charge in [0, 0.05) is 39.1 Å². The van der Waals surface area contributed by atoms with Crippen LogP contribution in [0.2, 0.25) is 0 Å². The van der Waals surface area contributed by atoms with Crippen molar-refractivity contribution in [1.29, 1.82) is 0 Å². The van der Waals surface area contributed by atoms with Gasteiger partial charge in [0.05, 0.1) is 25.0 Å². The Morgan fingerprint density at radius 2 is 1.97 bits per heavy atom. The Balaban J connectivity index is 0.000000318. The van der Waals surface area contributed by atoms with Gasteiger partial charge >= 0.3 is 12.1 Å². The third-order valence-corrected chi connectivity index (χ3v) is 5.93. The molecule has 3 heterocycles. The third-order valence-electron chi connectivity index (χ3n) is 5.93. The van der Waals surface area contributed by atoms with E-state index in [0.29, 0.717) is 23.8 Å². The van der Waals surface area contributed by atoms with Crippen LogP contribution in [0.25, 0.3) is 0 Å². The van der Waals surface area contributed by atoms with E-state index in [1.807, 2.05) is 12.1 Å². The zero-order valence-corrected chi connectivity index (χ0v) is 16.8. The Hall–Kier alpha value is -2.07. The number of furan rings is 1. The van der Waals surface area contributed by atoms with Crippen LogP contribution in [0, 0.1) is 11.8 Å². The third kappa shape index (κ3) is 5.75. The molecular weight excluding hydrogens is 405 g/mol. The summed E-state index contributed by atoms with van der Waals surface area (Å²) in [7, 11) is 1.80. The maximum absolute atomic E-state index is 12.7. The molecule has 0 spiro atoms. The number of aliphatic carboxylic acids is 1. The molecule has 1 N–H and O–H groups in total. The van der Waals surface area contributed by atoms with Gasteiger partial charge in [-0.25, -0.2) is 4.79 Å². The summed E-state index contributed by atoms with van der Waals surface area (Å²) in [4.78, 5) is 26.1. The van der Waals surface area contributed by atoms with Crippen LogP contribution < -0.4 is 0 Å². The number of likely N-dealkylation sites (tertiary alicyclic amines) is 2. The van der Waals surface area contributed by atoms with Crippen molar-refractivity contribution in [3.63, 3.8) is 0 Å². The first-order valence-electron chi connectivity index (χ1n) is 10.1. The molecular formula is C20H27F3N2O5. The molecule has 0 aromatic carbocycles. The minimum atomic E-state index is -5.08. The minimum absolute atomic E-state index is 0.270. The van der Waals surface area contributed by atoms with E-state index in [4.69, 9.17) is 19.1 Å². The molecule has 3 fully saturated rings. The molecule has 4 rings (SSSR count).